The monoisotopic (exact) mass is 332 g/mol. The van der Waals surface area contributed by atoms with Gasteiger partial charge in [0.05, 0.1) is 11.4 Å². The van der Waals surface area contributed by atoms with Crippen LogP contribution in [0.5, 0.6) is 0 Å². The minimum absolute atomic E-state index is 0.0692. The van der Waals surface area contributed by atoms with Crippen LogP contribution in [0, 0.1) is 18.6 Å². The minimum Gasteiger partial charge on any atom is -0.371 e. The summed E-state index contributed by atoms with van der Waals surface area (Å²) in [5, 5.41) is 0. The van der Waals surface area contributed by atoms with Crippen molar-refractivity contribution in [2.24, 2.45) is 0 Å². The van der Waals surface area contributed by atoms with Crippen molar-refractivity contribution in [1.29, 1.82) is 0 Å². The Morgan fingerprint density at radius 1 is 1.22 bits per heavy atom. The molecule has 1 aromatic carbocycles. The fourth-order valence-electron chi connectivity index (χ4n) is 1.27. The fourth-order valence-corrected chi connectivity index (χ4v) is 1.81. The number of hydrogen-bond acceptors (Lipinski definition) is 1. The quantitative estimate of drug-likeness (QED) is 0.590. The summed E-state index contributed by atoms with van der Waals surface area (Å²) in [6, 6.07) is 1.93. The van der Waals surface area contributed by atoms with E-state index in [4.69, 9.17) is 0 Å². The topological polar surface area (TPSA) is 9.23 Å². The van der Waals surface area contributed by atoms with E-state index in [9.17, 15) is 22.0 Å². The average molecular weight is 333 g/mol. The lowest BCUT2D eigenvalue weighted by Crippen LogP contribution is -2.18. The predicted octanol–water partition coefficient (Wildman–Crippen LogP) is 4.29. The molecule has 1 nitrogen and oxygen atoms in total. The van der Waals surface area contributed by atoms with E-state index < -0.39 is 35.9 Å². The van der Waals surface area contributed by atoms with E-state index in [-0.39, 0.29) is 11.1 Å². The Morgan fingerprint density at radius 2 is 1.83 bits per heavy atom. The van der Waals surface area contributed by atoms with Crippen molar-refractivity contribution < 1.29 is 26.7 Å². The summed E-state index contributed by atoms with van der Waals surface area (Å²) in [5.41, 5.74) is 0.0624. The first-order valence-corrected chi connectivity index (χ1v) is 5.86. The molecule has 0 spiro atoms. The van der Waals surface area contributed by atoms with E-state index >= 15 is 0 Å². The van der Waals surface area contributed by atoms with Crippen LogP contribution in [0.4, 0.5) is 22.0 Å². The molecule has 7 heteroatoms. The molecule has 0 aliphatic carbocycles. The highest BCUT2D eigenvalue weighted by Gasteiger charge is 2.28. The van der Waals surface area contributed by atoms with E-state index in [0.29, 0.717) is 0 Å². The summed E-state index contributed by atoms with van der Waals surface area (Å²) in [4.78, 5) is -0.838. The smallest absolute Gasteiger partial charge is 0.371 e. The van der Waals surface area contributed by atoms with Crippen LogP contribution in [-0.2, 0) is 4.74 Å². The summed E-state index contributed by atoms with van der Waals surface area (Å²) in [7, 11) is 0. The first-order chi connectivity index (χ1) is 8.20. The molecule has 0 heterocycles. The summed E-state index contributed by atoms with van der Waals surface area (Å²) in [6.07, 6.45) is -4.44. The maximum absolute atomic E-state index is 13.5. The molecule has 1 atom stereocenters. The van der Waals surface area contributed by atoms with Gasteiger partial charge in [-0.05, 0) is 24.6 Å². The van der Waals surface area contributed by atoms with Crippen molar-refractivity contribution in [3.8, 4) is 0 Å². The van der Waals surface area contributed by atoms with Crippen LogP contribution in [-0.4, -0.2) is 19.4 Å². The van der Waals surface area contributed by atoms with E-state index in [1.54, 1.807) is 0 Å². The third-order valence-corrected chi connectivity index (χ3v) is 2.90. The zero-order valence-corrected chi connectivity index (χ0v) is 10.9. The third kappa shape index (κ3) is 4.53. The molecule has 1 unspecified atom stereocenters. The zero-order chi connectivity index (χ0) is 13.9. The molecule has 0 amide bonds. The van der Waals surface area contributed by atoms with E-state index in [1.807, 2.05) is 0 Å². The fraction of sp³-hybridized carbons (Fsp3) is 0.455. The van der Waals surface area contributed by atoms with Gasteiger partial charge in [0.15, 0.2) is 0 Å². The summed E-state index contributed by atoms with van der Waals surface area (Å²) in [5.74, 6) is -1.31. The number of rotatable bonds is 4. The van der Waals surface area contributed by atoms with E-state index in [2.05, 4.69) is 20.7 Å². The predicted molar refractivity (Wildman–Crippen MR) is 59.6 cm³/mol. The maximum Gasteiger partial charge on any atom is 0.411 e. The molecule has 0 radical (unpaired) electrons. The van der Waals surface area contributed by atoms with Crippen LogP contribution in [0.15, 0.2) is 12.1 Å². The van der Waals surface area contributed by atoms with Crippen LogP contribution < -0.4 is 0 Å². The lowest BCUT2D eigenvalue weighted by molar-refractivity contribution is -0.173. The van der Waals surface area contributed by atoms with Crippen LogP contribution in [0.25, 0.3) is 0 Å². The van der Waals surface area contributed by atoms with E-state index in [0.717, 1.165) is 12.1 Å². The van der Waals surface area contributed by atoms with Gasteiger partial charge in [0.25, 0.3) is 0 Å². The standard InChI is InChI=1S/C11H10BrF5O/c1-6-2-10(14)7(3-9(6)13)8(12)4-18-5-11(15,16)17/h2-3,8H,4-5H2,1H3. The lowest BCUT2D eigenvalue weighted by atomic mass is 10.1. The molecular formula is C11H10BrF5O. The van der Waals surface area contributed by atoms with Gasteiger partial charge in [-0.3, -0.25) is 0 Å². The molecule has 18 heavy (non-hydrogen) atoms. The molecule has 0 saturated carbocycles. The third-order valence-electron chi connectivity index (χ3n) is 2.15. The molecular weight excluding hydrogens is 323 g/mol. The van der Waals surface area contributed by atoms with E-state index in [1.165, 1.54) is 6.92 Å². The second kappa shape index (κ2) is 5.97. The molecule has 0 aromatic heterocycles. The van der Waals surface area contributed by atoms with Gasteiger partial charge in [-0.2, -0.15) is 13.2 Å². The number of alkyl halides is 4. The molecule has 0 saturated heterocycles. The van der Waals surface area contributed by atoms with Crippen molar-refractivity contribution in [2.45, 2.75) is 17.9 Å². The molecule has 0 fully saturated rings. The van der Waals surface area contributed by atoms with Gasteiger partial charge < -0.3 is 4.74 Å². The number of halogens is 6. The highest BCUT2D eigenvalue weighted by molar-refractivity contribution is 9.09. The van der Waals surface area contributed by atoms with Gasteiger partial charge in [0.2, 0.25) is 0 Å². The maximum atomic E-state index is 13.5. The minimum atomic E-state index is -4.44. The molecule has 1 aromatic rings. The van der Waals surface area contributed by atoms with Crippen molar-refractivity contribution in [3.63, 3.8) is 0 Å². The van der Waals surface area contributed by atoms with Crippen LogP contribution in [0.1, 0.15) is 16.0 Å². The number of aryl methyl sites for hydroxylation is 1. The average Bonchev–Trinajstić information content (AvgIpc) is 2.21. The highest BCUT2D eigenvalue weighted by Crippen LogP contribution is 2.28. The molecule has 102 valence electrons. The second-order valence-corrected chi connectivity index (χ2v) is 4.83. The van der Waals surface area contributed by atoms with Crippen molar-refractivity contribution in [2.75, 3.05) is 13.2 Å². The molecule has 0 aliphatic rings. The van der Waals surface area contributed by atoms with Gasteiger partial charge in [-0.25, -0.2) is 8.78 Å². The normalized spacial score (nSPS) is 13.7. The molecule has 0 bridgehead atoms. The number of ether oxygens (including phenoxy) is 1. The van der Waals surface area contributed by atoms with Gasteiger partial charge in [-0.1, -0.05) is 15.9 Å². The lowest BCUT2D eigenvalue weighted by Gasteiger charge is -2.14. The van der Waals surface area contributed by atoms with Crippen molar-refractivity contribution >= 4 is 15.9 Å². The molecule has 0 aliphatic heterocycles. The van der Waals surface area contributed by atoms with Gasteiger partial charge in [-0.15, -0.1) is 0 Å². The largest absolute Gasteiger partial charge is 0.411 e. The second-order valence-electron chi connectivity index (χ2n) is 3.72. The summed E-state index contributed by atoms with van der Waals surface area (Å²) < 4.78 is 66.6. The Morgan fingerprint density at radius 3 is 2.39 bits per heavy atom. The Labute approximate surface area is 109 Å². The Kier molecular flexibility index (Phi) is 5.10. The Balaban J connectivity index is 2.67. The first kappa shape index (κ1) is 15.4. The van der Waals surface area contributed by atoms with Crippen LogP contribution in [0.3, 0.4) is 0 Å². The molecule has 1 rings (SSSR count). The van der Waals surface area contributed by atoms with Gasteiger partial charge >= 0.3 is 6.18 Å². The van der Waals surface area contributed by atoms with Crippen molar-refractivity contribution in [3.05, 3.63) is 34.9 Å². The van der Waals surface area contributed by atoms with Gasteiger partial charge in [0, 0.05) is 5.56 Å². The highest BCUT2D eigenvalue weighted by atomic mass is 79.9. The van der Waals surface area contributed by atoms with Crippen LogP contribution in [0.2, 0.25) is 0 Å². The molecule has 0 N–H and O–H groups in total. The number of hydrogen-bond donors (Lipinski definition) is 0. The number of benzene rings is 1. The summed E-state index contributed by atoms with van der Waals surface area (Å²) >= 11 is 2.96. The van der Waals surface area contributed by atoms with Gasteiger partial charge in [0.1, 0.15) is 18.2 Å². The summed E-state index contributed by atoms with van der Waals surface area (Å²) in [6.45, 7) is -0.435. The van der Waals surface area contributed by atoms with Crippen LogP contribution >= 0.6 is 15.9 Å². The SMILES string of the molecule is Cc1cc(F)c(C(Br)COCC(F)(F)F)cc1F. The Hall–Kier alpha value is -0.690. The zero-order valence-electron chi connectivity index (χ0n) is 9.32. The first-order valence-electron chi connectivity index (χ1n) is 4.95. The Bertz CT molecular complexity index is 419. The van der Waals surface area contributed by atoms with Crippen molar-refractivity contribution in [1.82, 2.24) is 0 Å².